The lowest BCUT2D eigenvalue weighted by Gasteiger charge is -2.27. The Kier molecular flexibility index (Phi) is 6.13. The Morgan fingerprint density at radius 3 is 2.45 bits per heavy atom. The van der Waals surface area contributed by atoms with E-state index in [1.807, 2.05) is 43.3 Å². The normalized spacial score (nSPS) is 14.2. The third-order valence-corrected chi connectivity index (χ3v) is 2.94. The molecule has 0 saturated heterocycles. The van der Waals surface area contributed by atoms with Gasteiger partial charge in [0.2, 0.25) is 0 Å². The van der Waals surface area contributed by atoms with Crippen molar-refractivity contribution in [1.82, 2.24) is 10.2 Å². The quantitative estimate of drug-likeness (QED) is 0.654. The van der Waals surface area contributed by atoms with Gasteiger partial charge in [-0.05, 0) is 32.1 Å². The maximum atomic E-state index is 10.8. The SMILES string of the molecule is CN(C)CC(C)(O)CNCc1ccccc1CC(=O)O. The molecule has 112 valence electrons. The van der Waals surface area contributed by atoms with Crippen LogP contribution in [0.4, 0.5) is 0 Å². The van der Waals surface area contributed by atoms with Gasteiger partial charge in [-0.25, -0.2) is 0 Å². The highest BCUT2D eigenvalue weighted by Crippen LogP contribution is 2.10. The van der Waals surface area contributed by atoms with Crippen molar-refractivity contribution in [2.45, 2.75) is 25.5 Å². The molecule has 0 aliphatic rings. The molecule has 0 aliphatic heterocycles. The number of carboxylic acid groups (broad SMARTS) is 1. The van der Waals surface area contributed by atoms with Gasteiger partial charge in [-0.1, -0.05) is 24.3 Å². The van der Waals surface area contributed by atoms with E-state index in [2.05, 4.69) is 5.32 Å². The summed E-state index contributed by atoms with van der Waals surface area (Å²) in [6.07, 6.45) is 0.0198. The summed E-state index contributed by atoms with van der Waals surface area (Å²) in [6.45, 7) is 3.35. The van der Waals surface area contributed by atoms with E-state index in [9.17, 15) is 9.90 Å². The van der Waals surface area contributed by atoms with E-state index in [4.69, 9.17) is 5.11 Å². The van der Waals surface area contributed by atoms with Crippen molar-refractivity contribution < 1.29 is 15.0 Å². The molecule has 1 unspecified atom stereocenters. The number of rotatable bonds is 8. The first-order chi connectivity index (χ1) is 9.30. The molecule has 1 aromatic rings. The predicted octanol–water partition coefficient (Wildman–Crippen LogP) is 0.716. The molecule has 0 aromatic heterocycles. The topological polar surface area (TPSA) is 72.8 Å². The molecule has 5 nitrogen and oxygen atoms in total. The molecule has 20 heavy (non-hydrogen) atoms. The molecule has 0 heterocycles. The van der Waals surface area contributed by atoms with E-state index >= 15 is 0 Å². The van der Waals surface area contributed by atoms with Gasteiger partial charge in [0.15, 0.2) is 0 Å². The summed E-state index contributed by atoms with van der Waals surface area (Å²) in [5.41, 5.74) is 0.945. The standard InChI is InChI=1S/C15H24N2O3/c1-15(20,11-17(2)3)10-16-9-13-7-5-4-6-12(13)8-14(18)19/h4-7,16,20H,8-11H2,1-3H3,(H,18,19). The lowest BCUT2D eigenvalue weighted by atomic mass is 10.0. The van der Waals surface area contributed by atoms with Crippen LogP contribution in [-0.2, 0) is 17.8 Å². The number of nitrogens with zero attached hydrogens (tertiary/aromatic N) is 1. The van der Waals surface area contributed by atoms with Crippen molar-refractivity contribution in [2.24, 2.45) is 0 Å². The van der Waals surface area contributed by atoms with Gasteiger partial charge in [0, 0.05) is 19.6 Å². The molecular formula is C15H24N2O3. The number of aliphatic carboxylic acids is 1. The molecular weight excluding hydrogens is 256 g/mol. The Morgan fingerprint density at radius 2 is 1.90 bits per heavy atom. The highest BCUT2D eigenvalue weighted by atomic mass is 16.4. The molecule has 0 bridgehead atoms. The summed E-state index contributed by atoms with van der Waals surface area (Å²) in [4.78, 5) is 12.7. The maximum absolute atomic E-state index is 10.8. The number of carboxylic acids is 1. The molecule has 0 spiro atoms. The highest BCUT2D eigenvalue weighted by molar-refractivity contribution is 5.70. The van der Waals surface area contributed by atoms with Crippen LogP contribution in [0.5, 0.6) is 0 Å². The fourth-order valence-corrected chi connectivity index (χ4v) is 2.27. The first kappa shape index (κ1) is 16.6. The number of carbonyl (C=O) groups is 1. The van der Waals surface area contributed by atoms with E-state index in [1.54, 1.807) is 6.92 Å². The van der Waals surface area contributed by atoms with Crippen LogP contribution in [0.2, 0.25) is 0 Å². The van der Waals surface area contributed by atoms with Crippen molar-refractivity contribution >= 4 is 5.97 Å². The third-order valence-electron chi connectivity index (χ3n) is 2.94. The first-order valence-corrected chi connectivity index (χ1v) is 6.66. The minimum absolute atomic E-state index is 0.0198. The van der Waals surface area contributed by atoms with Crippen LogP contribution in [0, 0.1) is 0 Å². The second kappa shape index (κ2) is 7.38. The molecule has 1 atom stereocenters. The summed E-state index contributed by atoms with van der Waals surface area (Å²) in [5.74, 6) is -0.836. The number of nitrogens with one attached hydrogen (secondary N) is 1. The van der Waals surface area contributed by atoms with Crippen molar-refractivity contribution in [3.8, 4) is 0 Å². The molecule has 1 aromatic carbocycles. The van der Waals surface area contributed by atoms with Crippen molar-refractivity contribution in [2.75, 3.05) is 27.2 Å². The molecule has 0 fully saturated rings. The summed E-state index contributed by atoms with van der Waals surface area (Å²) in [6, 6.07) is 7.46. The minimum Gasteiger partial charge on any atom is -0.481 e. The molecule has 0 saturated carbocycles. The Labute approximate surface area is 120 Å². The zero-order valence-electron chi connectivity index (χ0n) is 12.4. The Hall–Kier alpha value is -1.43. The zero-order valence-corrected chi connectivity index (χ0v) is 12.4. The van der Waals surface area contributed by atoms with Crippen LogP contribution in [0.1, 0.15) is 18.1 Å². The number of hydrogen-bond donors (Lipinski definition) is 3. The van der Waals surface area contributed by atoms with E-state index in [1.165, 1.54) is 0 Å². The Balaban J connectivity index is 2.55. The van der Waals surface area contributed by atoms with Crippen LogP contribution >= 0.6 is 0 Å². The average Bonchev–Trinajstić information content (AvgIpc) is 2.28. The molecule has 0 radical (unpaired) electrons. The van der Waals surface area contributed by atoms with Gasteiger partial charge >= 0.3 is 5.97 Å². The van der Waals surface area contributed by atoms with Gasteiger partial charge in [0.05, 0.1) is 12.0 Å². The second-order valence-corrected chi connectivity index (χ2v) is 5.68. The highest BCUT2D eigenvalue weighted by Gasteiger charge is 2.20. The van der Waals surface area contributed by atoms with E-state index in [0.717, 1.165) is 11.1 Å². The van der Waals surface area contributed by atoms with E-state index < -0.39 is 11.6 Å². The van der Waals surface area contributed by atoms with Gasteiger partial charge in [-0.15, -0.1) is 0 Å². The molecule has 0 amide bonds. The number of benzene rings is 1. The molecule has 3 N–H and O–H groups in total. The van der Waals surface area contributed by atoms with Gasteiger partial charge in [-0.2, -0.15) is 0 Å². The van der Waals surface area contributed by atoms with Crippen LogP contribution < -0.4 is 5.32 Å². The number of likely N-dealkylation sites (N-methyl/N-ethyl adjacent to an activating group) is 1. The monoisotopic (exact) mass is 280 g/mol. The van der Waals surface area contributed by atoms with Crippen molar-refractivity contribution in [3.05, 3.63) is 35.4 Å². The number of aliphatic hydroxyl groups is 1. The number of hydrogen-bond acceptors (Lipinski definition) is 4. The fourth-order valence-electron chi connectivity index (χ4n) is 2.27. The van der Waals surface area contributed by atoms with Gasteiger partial charge < -0.3 is 20.4 Å². The molecule has 0 aliphatic carbocycles. The van der Waals surface area contributed by atoms with Crippen molar-refractivity contribution in [3.63, 3.8) is 0 Å². The van der Waals surface area contributed by atoms with E-state index in [0.29, 0.717) is 19.6 Å². The summed E-state index contributed by atoms with van der Waals surface area (Å²) in [5, 5.41) is 22.2. The van der Waals surface area contributed by atoms with Gasteiger partial charge in [-0.3, -0.25) is 4.79 Å². The Morgan fingerprint density at radius 1 is 1.30 bits per heavy atom. The van der Waals surface area contributed by atoms with Gasteiger partial charge in [0.25, 0.3) is 0 Å². The van der Waals surface area contributed by atoms with Crippen LogP contribution in [-0.4, -0.2) is 53.9 Å². The fraction of sp³-hybridized carbons (Fsp3) is 0.533. The molecule has 5 heteroatoms. The first-order valence-electron chi connectivity index (χ1n) is 6.66. The molecule has 1 rings (SSSR count). The third kappa shape index (κ3) is 6.14. The van der Waals surface area contributed by atoms with Crippen LogP contribution in [0.25, 0.3) is 0 Å². The second-order valence-electron chi connectivity index (χ2n) is 5.68. The predicted molar refractivity (Wildman–Crippen MR) is 78.7 cm³/mol. The zero-order chi connectivity index (χ0) is 15.2. The lowest BCUT2D eigenvalue weighted by molar-refractivity contribution is -0.136. The van der Waals surface area contributed by atoms with Crippen LogP contribution in [0.15, 0.2) is 24.3 Å². The van der Waals surface area contributed by atoms with Crippen LogP contribution in [0.3, 0.4) is 0 Å². The lowest BCUT2D eigenvalue weighted by Crippen LogP contribution is -2.45. The van der Waals surface area contributed by atoms with Crippen molar-refractivity contribution in [1.29, 1.82) is 0 Å². The summed E-state index contributed by atoms with van der Waals surface area (Å²) in [7, 11) is 3.83. The minimum atomic E-state index is -0.836. The summed E-state index contributed by atoms with van der Waals surface area (Å²) < 4.78 is 0. The largest absolute Gasteiger partial charge is 0.481 e. The smallest absolute Gasteiger partial charge is 0.307 e. The average molecular weight is 280 g/mol. The Bertz CT molecular complexity index is 444. The summed E-state index contributed by atoms with van der Waals surface area (Å²) >= 11 is 0. The van der Waals surface area contributed by atoms with Gasteiger partial charge in [0.1, 0.15) is 0 Å². The maximum Gasteiger partial charge on any atom is 0.307 e. The van der Waals surface area contributed by atoms with E-state index in [-0.39, 0.29) is 6.42 Å².